The van der Waals surface area contributed by atoms with Crippen LogP contribution >= 0.6 is 0 Å². The van der Waals surface area contributed by atoms with Crippen molar-refractivity contribution in [1.82, 2.24) is 10.3 Å². The van der Waals surface area contributed by atoms with Crippen LogP contribution in [0.25, 0.3) is 0 Å². The summed E-state index contributed by atoms with van der Waals surface area (Å²) < 4.78 is 0. The summed E-state index contributed by atoms with van der Waals surface area (Å²) in [6.45, 7) is 8.21. The lowest BCUT2D eigenvalue weighted by atomic mass is 10.1. The second-order valence-electron chi connectivity index (χ2n) is 5.98. The lowest BCUT2D eigenvalue weighted by molar-refractivity contribution is 0.0942. The van der Waals surface area contributed by atoms with E-state index in [0.29, 0.717) is 17.7 Å². The van der Waals surface area contributed by atoms with E-state index >= 15 is 0 Å². The molecule has 0 radical (unpaired) electrons. The van der Waals surface area contributed by atoms with Gasteiger partial charge in [-0.1, -0.05) is 12.1 Å². The molecule has 24 heavy (non-hydrogen) atoms. The Bertz CT molecular complexity index is 741. The second-order valence-corrected chi connectivity index (χ2v) is 5.98. The summed E-state index contributed by atoms with van der Waals surface area (Å²) in [6, 6.07) is 9.38. The van der Waals surface area contributed by atoms with Gasteiger partial charge in [-0.3, -0.25) is 14.6 Å². The predicted octanol–water partition coefficient (Wildman–Crippen LogP) is 3.19. The van der Waals surface area contributed by atoms with Gasteiger partial charge in [0.2, 0.25) is 0 Å². The highest BCUT2D eigenvalue weighted by Crippen LogP contribution is 2.18. The summed E-state index contributed by atoms with van der Waals surface area (Å²) in [6.07, 6.45) is 2.96. The Kier molecular flexibility index (Phi) is 5.68. The first-order valence-corrected chi connectivity index (χ1v) is 8.06. The largest absolute Gasteiger partial charge is 0.350 e. The molecule has 126 valence electrons. The molecule has 1 aromatic heterocycles. The van der Waals surface area contributed by atoms with Crippen LogP contribution in [0.2, 0.25) is 0 Å². The van der Waals surface area contributed by atoms with Crippen molar-refractivity contribution in [2.45, 2.75) is 33.7 Å². The molecule has 0 aliphatic heterocycles. The van der Waals surface area contributed by atoms with Gasteiger partial charge < -0.3 is 10.2 Å². The summed E-state index contributed by atoms with van der Waals surface area (Å²) >= 11 is 0. The summed E-state index contributed by atoms with van der Waals surface area (Å²) in [4.78, 5) is 30.7. The number of aryl methyl sites for hydroxylation is 1. The Morgan fingerprint density at radius 3 is 2.50 bits per heavy atom. The molecule has 2 rings (SSSR count). The number of carbonyl (C=O) groups excluding carboxylic acids is 2. The highest BCUT2D eigenvalue weighted by Gasteiger charge is 2.18. The predicted molar refractivity (Wildman–Crippen MR) is 95.4 cm³/mol. The summed E-state index contributed by atoms with van der Waals surface area (Å²) in [5, 5.41) is 2.80. The molecule has 0 bridgehead atoms. The average Bonchev–Trinajstić information content (AvgIpc) is 2.55. The minimum atomic E-state index is -0.231. The van der Waals surface area contributed by atoms with Crippen molar-refractivity contribution < 1.29 is 9.59 Å². The number of hydrogen-bond acceptors (Lipinski definition) is 3. The molecule has 1 aromatic carbocycles. The molecule has 0 fully saturated rings. The van der Waals surface area contributed by atoms with Crippen LogP contribution in [-0.2, 0) is 0 Å². The molecule has 0 saturated carbocycles. The average molecular weight is 325 g/mol. The number of nitrogens with zero attached hydrogens (tertiary/aromatic N) is 2. The van der Waals surface area contributed by atoms with Gasteiger partial charge in [0.25, 0.3) is 11.8 Å². The quantitative estimate of drug-likeness (QED) is 0.918. The number of amides is 2. The van der Waals surface area contributed by atoms with Gasteiger partial charge >= 0.3 is 0 Å². The standard InChI is InChI=1S/C19H23N3O2/c1-5-22(17-8-6-7-14(4)9-17)19(24)16-10-15(11-20-12-16)18(23)21-13(2)3/h6-13H,5H2,1-4H3,(H,21,23). The first-order chi connectivity index (χ1) is 11.4. The monoisotopic (exact) mass is 325 g/mol. The molecule has 0 aliphatic rings. The molecule has 0 aliphatic carbocycles. The molecule has 1 heterocycles. The van der Waals surface area contributed by atoms with Crippen LogP contribution in [0.3, 0.4) is 0 Å². The van der Waals surface area contributed by atoms with Crippen LogP contribution < -0.4 is 10.2 Å². The summed E-state index contributed by atoms with van der Waals surface area (Å²) in [5.41, 5.74) is 2.70. The van der Waals surface area contributed by atoms with E-state index in [2.05, 4.69) is 10.3 Å². The van der Waals surface area contributed by atoms with Crippen LogP contribution in [0.5, 0.6) is 0 Å². The SMILES string of the molecule is CCN(C(=O)c1cncc(C(=O)NC(C)C)c1)c1cccc(C)c1. The fourth-order valence-corrected chi connectivity index (χ4v) is 2.42. The Morgan fingerprint density at radius 2 is 1.88 bits per heavy atom. The molecule has 2 aromatic rings. The molecule has 5 heteroatoms. The number of carbonyl (C=O) groups is 2. The maximum atomic E-state index is 12.8. The van der Waals surface area contributed by atoms with Gasteiger partial charge in [-0.15, -0.1) is 0 Å². The molecule has 0 saturated heterocycles. The molecule has 0 unspecified atom stereocenters. The number of pyridine rings is 1. The minimum Gasteiger partial charge on any atom is -0.350 e. The van der Waals surface area contributed by atoms with Crippen LogP contribution in [-0.4, -0.2) is 29.4 Å². The van der Waals surface area contributed by atoms with Crippen LogP contribution in [0, 0.1) is 6.92 Å². The highest BCUT2D eigenvalue weighted by molar-refractivity contribution is 6.07. The maximum Gasteiger partial charge on any atom is 0.259 e. The molecule has 5 nitrogen and oxygen atoms in total. The fraction of sp³-hybridized carbons (Fsp3) is 0.316. The fourth-order valence-electron chi connectivity index (χ4n) is 2.42. The van der Waals surface area contributed by atoms with Crippen molar-refractivity contribution in [2.24, 2.45) is 0 Å². The molecular weight excluding hydrogens is 302 g/mol. The smallest absolute Gasteiger partial charge is 0.259 e. The van der Waals surface area contributed by atoms with E-state index in [1.165, 1.54) is 12.4 Å². The van der Waals surface area contributed by atoms with Gasteiger partial charge in [-0.05, 0) is 51.5 Å². The van der Waals surface area contributed by atoms with E-state index in [9.17, 15) is 9.59 Å². The van der Waals surface area contributed by atoms with E-state index in [-0.39, 0.29) is 17.9 Å². The zero-order valence-electron chi connectivity index (χ0n) is 14.5. The van der Waals surface area contributed by atoms with Gasteiger partial charge in [-0.25, -0.2) is 0 Å². The van der Waals surface area contributed by atoms with Gasteiger partial charge in [0.15, 0.2) is 0 Å². The van der Waals surface area contributed by atoms with Crippen LogP contribution in [0.15, 0.2) is 42.7 Å². The Balaban J connectivity index is 2.29. The third kappa shape index (κ3) is 4.19. The molecule has 0 atom stereocenters. The number of nitrogens with one attached hydrogen (secondary N) is 1. The maximum absolute atomic E-state index is 12.8. The zero-order chi connectivity index (χ0) is 17.7. The topological polar surface area (TPSA) is 62.3 Å². The summed E-state index contributed by atoms with van der Waals surface area (Å²) in [5.74, 6) is -0.402. The Labute approximate surface area is 142 Å². The van der Waals surface area contributed by atoms with Gasteiger partial charge in [0, 0.05) is 30.7 Å². The summed E-state index contributed by atoms with van der Waals surface area (Å²) in [7, 11) is 0. The molecule has 0 spiro atoms. The Hall–Kier alpha value is -2.69. The third-order valence-electron chi connectivity index (χ3n) is 3.54. The third-order valence-corrected chi connectivity index (χ3v) is 3.54. The van der Waals surface area contributed by atoms with Crippen molar-refractivity contribution >= 4 is 17.5 Å². The lowest BCUT2D eigenvalue weighted by Gasteiger charge is -2.21. The first kappa shape index (κ1) is 17.7. The number of aromatic nitrogens is 1. The van der Waals surface area contributed by atoms with Crippen molar-refractivity contribution in [3.63, 3.8) is 0 Å². The zero-order valence-corrected chi connectivity index (χ0v) is 14.5. The molecule has 2 amide bonds. The number of rotatable bonds is 5. The van der Waals surface area contributed by atoms with Gasteiger partial charge in [-0.2, -0.15) is 0 Å². The van der Waals surface area contributed by atoms with Gasteiger partial charge in [0.05, 0.1) is 11.1 Å². The number of anilines is 1. The minimum absolute atomic E-state index is 0.0243. The van der Waals surface area contributed by atoms with Crippen LogP contribution in [0.1, 0.15) is 47.1 Å². The van der Waals surface area contributed by atoms with Crippen LogP contribution in [0.4, 0.5) is 5.69 Å². The number of benzene rings is 1. The van der Waals surface area contributed by atoms with Crippen molar-refractivity contribution in [1.29, 1.82) is 0 Å². The number of hydrogen-bond donors (Lipinski definition) is 1. The second kappa shape index (κ2) is 7.73. The van der Waals surface area contributed by atoms with Crippen molar-refractivity contribution in [2.75, 3.05) is 11.4 Å². The highest BCUT2D eigenvalue weighted by atomic mass is 16.2. The molecular formula is C19H23N3O2. The van der Waals surface area contributed by atoms with Gasteiger partial charge in [0.1, 0.15) is 0 Å². The van der Waals surface area contributed by atoms with E-state index < -0.39 is 0 Å². The van der Waals surface area contributed by atoms with Crippen molar-refractivity contribution in [3.05, 3.63) is 59.4 Å². The normalized spacial score (nSPS) is 10.5. The van der Waals surface area contributed by atoms with E-state index in [1.54, 1.807) is 11.0 Å². The lowest BCUT2D eigenvalue weighted by Crippen LogP contribution is -2.32. The molecule has 1 N–H and O–H groups in total. The van der Waals surface area contributed by atoms with E-state index in [1.807, 2.05) is 52.0 Å². The van der Waals surface area contributed by atoms with E-state index in [4.69, 9.17) is 0 Å². The van der Waals surface area contributed by atoms with Crippen molar-refractivity contribution in [3.8, 4) is 0 Å². The first-order valence-electron chi connectivity index (χ1n) is 8.06. The van der Waals surface area contributed by atoms with E-state index in [0.717, 1.165) is 11.3 Å². The Morgan fingerprint density at radius 1 is 1.17 bits per heavy atom.